The van der Waals surface area contributed by atoms with Crippen LogP contribution in [0.3, 0.4) is 0 Å². The lowest BCUT2D eigenvalue weighted by Crippen LogP contribution is -2.01. The highest BCUT2D eigenvalue weighted by molar-refractivity contribution is 6.06. The summed E-state index contributed by atoms with van der Waals surface area (Å²) in [5, 5.41) is 4.03. The number of rotatable bonds is 7. The molecule has 0 N–H and O–H groups in total. The van der Waals surface area contributed by atoms with Crippen molar-refractivity contribution in [2.24, 2.45) is 7.05 Å². The SMILES string of the molecule is COc1ccc(/C=C/C(=O)c2cnn(C)c2)cc1COc1c(C)cccc1C. The number of ketones is 1. The zero-order valence-corrected chi connectivity index (χ0v) is 16.6. The summed E-state index contributed by atoms with van der Waals surface area (Å²) in [5.41, 5.74) is 4.57. The molecule has 0 amide bonds. The van der Waals surface area contributed by atoms with Gasteiger partial charge in [-0.3, -0.25) is 9.48 Å². The summed E-state index contributed by atoms with van der Waals surface area (Å²) < 4.78 is 13.1. The molecule has 0 bridgehead atoms. The molecular formula is C23H24N2O3. The Balaban J connectivity index is 1.78. The van der Waals surface area contributed by atoms with E-state index in [0.29, 0.717) is 12.2 Å². The number of aryl methyl sites for hydroxylation is 3. The zero-order valence-electron chi connectivity index (χ0n) is 16.6. The third kappa shape index (κ3) is 4.49. The van der Waals surface area contributed by atoms with Crippen LogP contribution in [0.5, 0.6) is 11.5 Å². The van der Waals surface area contributed by atoms with Crippen molar-refractivity contribution in [3.63, 3.8) is 0 Å². The van der Waals surface area contributed by atoms with Gasteiger partial charge in [0.25, 0.3) is 0 Å². The molecule has 2 aromatic carbocycles. The van der Waals surface area contributed by atoms with Gasteiger partial charge in [0.15, 0.2) is 5.78 Å². The maximum Gasteiger partial charge on any atom is 0.189 e. The molecule has 1 aromatic heterocycles. The number of methoxy groups -OCH3 is 1. The summed E-state index contributed by atoms with van der Waals surface area (Å²) in [6.07, 6.45) is 6.60. The van der Waals surface area contributed by atoms with Crippen LogP contribution < -0.4 is 9.47 Å². The Labute approximate surface area is 165 Å². The first-order valence-corrected chi connectivity index (χ1v) is 9.05. The van der Waals surface area contributed by atoms with Crippen LogP contribution >= 0.6 is 0 Å². The molecule has 0 saturated carbocycles. The van der Waals surface area contributed by atoms with Crippen molar-refractivity contribution in [2.75, 3.05) is 7.11 Å². The maximum absolute atomic E-state index is 12.2. The van der Waals surface area contributed by atoms with Gasteiger partial charge >= 0.3 is 0 Å². The first kappa shape index (κ1) is 19.4. The van der Waals surface area contributed by atoms with Gasteiger partial charge in [-0.1, -0.05) is 30.3 Å². The van der Waals surface area contributed by atoms with Gasteiger partial charge in [0.05, 0.1) is 18.9 Å². The van der Waals surface area contributed by atoms with Gasteiger partial charge in [0.2, 0.25) is 0 Å². The van der Waals surface area contributed by atoms with Crippen LogP contribution in [-0.2, 0) is 13.7 Å². The van der Waals surface area contributed by atoms with E-state index in [0.717, 1.165) is 33.8 Å². The summed E-state index contributed by atoms with van der Waals surface area (Å²) in [4.78, 5) is 12.2. The van der Waals surface area contributed by atoms with E-state index in [1.807, 2.05) is 50.2 Å². The number of hydrogen-bond donors (Lipinski definition) is 0. The minimum atomic E-state index is -0.0859. The van der Waals surface area contributed by atoms with Crippen LogP contribution in [0.1, 0.15) is 32.6 Å². The van der Waals surface area contributed by atoms with Gasteiger partial charge in [-0.05, 0) is 48.7 Å². The predicted octanol–water partition coefficient (Wildman–Crippen LogP) is 4.52. The predicted molar refractivity (Wildman–Crippen MR) is 110 cm³/mol. The largest absolute Gasteiger partial charge is 0.496 e. The molecule has 0 saturated heterocycles. The second-order valence-corrected chi connectivity index (χ2v) is 6.68. The van der Waals surface area contributed by atoms with Crippen LogP contribution in [-0.4, -0.2) is 22.7 Å². The first-order chi connectivity index (χ1) is 13.5. The van der Waals surface area contributed by atoms with Crippen molar-refractivity contribution in [2.45, 2.75) is 20.5 Å². The van der Waals surface area contributed by atoms with Crippen LogP contribution in [0.25, 0.3) is 6.08 Å². The second kappa shape index (κ2) is 8.57. The van der Waals surface area contributed by atoms with E-state index in [1.165, 1.54) is 0 Å². The fraction of sp³-hybridized carbons (Fsp3) is 0.217. The monoisotopic (exact) mass is 376 g/mol. The molecule has 0 atom stereocenters. The molecule has 144 valence electrons. The molecule has 0 radical (unpaired) electrons. The highest BCUT2D eigenvalue weighted by Gasteiger charge is 2.09. The van der Waals surface area contributed by atoms with Crippen molar-refractivity contribution < 1.29 is 14.3 Å². The fourth-order valence-corrected chi connectivity index (χ4v) is 3.01. The smallest absolute Gasteiger partial charge is 0.189 e. The van der Waals surface area contributed by atoms with Crippen LogP contribution in [0, 0.1) is 13.8 Å². The molecule has 3 rings (SSSR count). The minimum absolute atomic E-state index is 0.0859. The number of allylic oxidation sites excluding steroid dienone is 1. The van der Waals surface area contributed by atoms with Crippen LogP contribution in [0.2, 0.25) is 0 Å². The number of benzene rings is 2. The maximum atomic E-state index is 12.2. The Hall–Kier alpha value is -3.34. The molecule has 5 nitrogen and oxygen atoms in total. The summed E-state index contributed by atoms with van der Waals surface area (Å²) in [7, 11) is 3.42. The zero-order chi connectivity index (χ0) is 20.1. The number of para-hydroxylation sites is 1. The summed E-state index contributed by atoms with van der Waals surface area (Å²) >= 11 is 0. The number of ether oxygens (including phenoxy) is 2. The lowest BCUT2D eigenvalue weighted by Gasteiger charge is -2.14. The molecular weight excluding hydrogens is 352 g/mol. The summed E-state index contributed by atoms with van der Waals surface area (Å²) in [6.45, 7) is 4.44. The minimum Gasteiger partial charge on any atom is -0.496 e. The second-order valence-electron chi connectivity index (χ2n) is 6.68. The molecule has 0 aliphatic rings. The summed E-state index contributed by atoms with van der Waals surface area (Å²) in [5.74, 6) is 1.55. The first-order valence-electron chi connectivity index (χ1n) is 9.05. The van der Waals surface area contributed by atoms with Gasteiger partial charge < -0.3 is 9.47 Å². The normalized spacial score (nSPS) is 11.0. The lowest BCUT2D eigenvalue weighted by molar-refractivity contribution is 0.104. The number of hydrogen-bond acceptors (Lipinski definition) is 4. The van der Waals surface area contributed by atoms with E-state index in [9.17, 15) is 4.79 Å². The molecule has 0 spiro atoms. The van der Waals surface area contributed by atoms with Crippen molar-refractivity contribution >= 4 is 11.9 Å². The molecule has 1 heterocycles. The fourth-order valence-electron chi connectivity index (χ4n) is 3.01. The average molecular weight is 376 g/mol. The third-order valence-electron chi connectivity index (χ3n) is 4.50. The van der Waals surface area contributed by atoms with Crippen LogP contribution in [0.15, 0.2) is 54.9 Å². The average Bonchev–Trinajstić information content (AvgIpc) is 3.12. The van der Waals surface area contributed by atoms with Gasteiger partial charge in [-0.25, -0.2) is 0 Å². The van der Waals surface area contributed by atoms with Crippen molar-refractivity contribution in [1.29, 1.82) is 0 Å². The molecule has 28 heavy (non-hydrogen) atoms. The lowest BCUT2D eigenvalue weighted by atomic mass is 10.1. The van der Waals surface area contributed by atoms with E-state index in [1.54, 1.807) is 43.4 Å². The summed E-state index contributed by atoms with van der Waals surface area (Å²) in [6, 6.07) is 11.8. The molecule has 0 aliphatic carbocycles. The van der Waals surface area contributed by atoms with E-state index in [2.05, 4.69) is 5.10 Å². The highest BCUT2D eigenvalue weighted by atomic mass is 16.5. The van der Waals surface area contributed by atoms with Gasteiger partial charge in [0, 0.05) is 18.8 Å². The number of carbonyl (C=O) groups is 1. The van der Waals surface area contributed by atoms with E-state index in [-0.39, 0.29) is 5.78 Å². The van der Waals surface area contributed by atoms with Gasteiger partial charge in [-0.2, -0.15) is 5.10 Å². The molecule has 5 heteroatoms. The van der Waals surface area contributed by atoms with Crippen molar-refractivity contribution in [3.8, 4) is 11.5 Å². The Morgan fingerprint density at radius 2 is 1.93 bits per heavy atom. The molecule has 0 fully saturated rings. The molecule has 3 aromatic rings. The van der Waals surface area contributed by atoms with Gasteiger partial charge in [-0.15, -0.1) is 0 Å². The Morgan fingerprint density at radius 1 is 1.18 bits per heavy atom. The van der Waals surface area contributed by atoms with E-state index >= 15 is 0 Å². The quantitative estimate of drug-likeness (QED) is 0.449. The Kier molecular flexibility index (Phi) is 5.94. The van der Waals surface area contributed by atoms with Crippen molar-refractivity contribution in [3.05, 3.63) is 82.7 Å². The topological polar surface area (TPSA) is 53.3 Å². The number of aromatic nitrogens is 2. The molecule has 0 aliphatic heterocycles. The number of nitrogens with zero attached hydrogens (tertiary/aromatic N) is 2. The van der Waals surface area contributed by atoms with Gasteiger partial charge in [0.1, 0.15) is 18.1 Å². The number of carbonyl (C=O) groups excluding carboxylic acids is 1. The highest BCUT2D eigenvalue weighted by Crippen LogP contribution is 2.26. The van der Waals surface area contributed by atoms with E-state index in [4.69, 9.17) is 9.47 Å². The van der Waals surface area contributed by atoms with Crippen LogP contribution in [0.4, 0.5) is 0 Å². The Morgan fingerprint density at radius 3 is 2.57 bits per heavy atom. The third-order valence-corrected chi connectivity index (χ3v) is 4.50. The van der Waals surface area contributed by atoms with Crippen molar-refractivity contribution in [1.82, 2.24) is 9.78 Å². The van der Waals surface area contributed by atoms with E-state index < -0.39 is 0 Å². The standard InChI is InChI=1S/C23H24N2O3/c1-16-6-5-7-17(2)23(16)28-15-19-12-18(9-11-22(19)27-4)8-10-21(26)20-13-24-25(3)14-20/h5-14H,15H2,1-4H3/b10-8+. The Bertz CT molecular complexity index is 998. The molecule has 0 unspecified atom stereocenters.